The Bertz CT molecular complexity index is 626. The molecule has 5 heteroatoms. The van der Waals surface area contributed by atoms with Crippen LogP contribution >= 0.6 is 11.8 Å². The number of aromatic nitrogens is 2. The highest BCUT2D eigenvalue weighted by atomic mass is 32.2. The van der Waals surface area contributed by atoms with Crippen molar-refractivity contribution in [3.63, 3.8) is 0 Å². The summed E-state index contributed by atoms with van der Waals surface area (Å²) in [7, 11) is 0. The maximum absolute atomic E-state index is 10.7. The molecule has 1 N–H and O–H groups in total. The Balaban J connectivity index is 1.79. The third-order valence-corrected chi connectivity index (χ3v) is 4.05. The number of fused-ring (bicyclic) bond motifs is 1. The maximum Gasteiger partial charge on any atom is 0.356 e. The van der Waals surface area contributed by atoms with Crippen molar-refractivity contribution in [3.05, 3.63) is 47.4 Å². The highest BCUT2D eigenvalue weighted by Gasteiger charge is 2.12. The van der Waals surface area contributed by atoms with E-state index in [1.165, 1.54) is 48.1 Å². The number of benzene rings is 1. The Morgan fingerprint density at radius 1 is 1.16 bits per heavy atom. The van der Waals surface area contributed by atoms with Crippen LogP contribution in [0.5, 0.6) is 0 Å². The molecule has 2 aromatic rings. The van der Waals surface area contributed by atoms with Gasteiger partial charge in [0.25, 0.3) is 0 Å². The molecule has 0 spiro atoms. The summed E-state index contributed by atoms with van der Waals surface area (Å²) in [6, 6.07) is 6.45. The van der Waals surface area contributed by atoms with Crippen LogP contribution < -0.4 is 0 Å². The van der Waals surface area contributed by atoms with Crippen LogP contribution in [0.3, 0.4) is 0 Å². The van der Waals surface area contributed by atoms with Crippen LogP contribution in [0.15, 0.2) is 40.5 Å². The molecule has 0 atom stereocenters. The third-order valence-electron chi connectivity index (χ3n) is 3.14. The lowest BCUT2D eigenvalue weighted by molar-refractivity contribution is 0.0689. The van der Waals surface area contributed by atoms with Crippen LogP contribution in [0.1, 0.15) is 28.0 Å². The number of hydrogen-bond donors (Lipinski definition) is 1. The number of carbonyl (C=O) groups is 1. The van der Waals surface area contributed by atoms with Gasteiger partial charge < -0.3 is 5.11 Å². The smallest absolute Gasteiger partial charge is 0.356 e. The molecule has 19 heavy (non-hydrogen) atoms. The lowest BCUT2D eigenvalue weighted by Crippen LogP contribution is -2.00. The summed E-state index contributed by atoms with van der Waals surface area (Å²) in [4.78, 5) is 19.8. The van der Waals surface area contributed by atoms with Gasteiger partial charge in [0.15, 0.2) is 5.69 Å². The zero-order valence-electron chi connectivity index (χ0n) is 10.2. The molecule has 1 aromatic carbocycles. The molecule has 1 heterocycles. The molecule has 0 unspecified atom stereocenters. The first-order valence-electron chi connectivity index (χ1n) is 6.07. The summed E-state index contributed by atoms with van der Waals surface area (Å²) in [6.45, 7) is 0. The van der Waals surface area contributed by atoms with Crippen molar-refractivity contribution in [2.75, 3.05) is 0 Å². The van der Waals surface area contributed by atoms with Crippen LogP contribution in [0.4, 0.5) is 0 Å². The summed E-state index contributed by atoms with van der Waals surface area (Å²) in [5.41, 5.74) is 2.83. The van der Waals surface area contributed by atoms with E-state index in [0.29, 0.717) is 5.03 Å². The zero-order chi connectivity index (χ0) is 13.2. The highest BCUT2D eigenvalue weighted by molar-refractivity contribution is 7.99. The molecule has 0 saturated carbocycles. The number of nitrogens with zero attached hydrogens (tertiary/aromatic N) is 2. The van der Waals surface area contributed by atoms with Crippen LogP contribution in [-0.4, -0.2) is 21.0 Å². The van der Waals surface area contributed by atoms with Gasteiger partial charge in [0.1, 0.15) is 5.03 Å². The molecular formula is C14H12N2O2S. The summed E-state index contributed by atoms with van der Waals surface area (Å²) in [6.07, 6.45) is 6.34. The molecule has 0 radical (unpaired) electrons. The van der Waals surface area contributed by atoms with Gasteiger partial charge in [-0.2, -0.15) is 0 Å². The fourth-order valence-electron chi connectivity index (χ4n) is 2.21. The fourth-order valence-corrected chi connectivity index (χ4v) is 3.00. The summed E-state index contributed by atoms with van der Waals surface area (Å²) >= 11 is 1.51. The Labute approximate surface area is 114 Å². The minimum atomic E-state index is -1.05. The van der Waals surface area contributed by atoms with Gasteiger partial charge in [0.05, 0.1) is 12.4 Å². The number of aryl methyl sites for hydroxylation is 2. The molecule has 0 saturated heterocycles. The second-order valence-electron chi connectivity index (χ2n) is 4.43. The standard InChI is InChI=1S/C14H12N2O2S/c17-14(18)12-7-16-13(8-15-12)19-11-5-4-9-2-1-3-10(9)6-11/h4-8H,1-3H2,(H,17,18). The van der Waals surface area contributed by atoms with Gasteiger partial charge in [-0.05, 0) is 42.5 Å². The average molecular weight is 272 g/mol. The van der Waals surface area contributed by atoms with Crippen molar-refractivity contribution in [2.45, 2.75) is 29.2 Å². The van der Waals surface area contributed by atoms with E-state index in [1.54, 1.807) is 0 Å². The quantitative estimate of drug-likeness (QED) is 0.930. The SMILES string of the molecule is O=C(O)c1cnc(Sc2ccc3c(c2)CCC3)cn1. The number of aromatic carboxylic acids is 1. The van der Waals surface area contributed by atoms with Crippen molar-refractivity contribution in [1.29, 1.82) is 0 Å². The van der Waals surface area contributed by atoms with E-state index >= 15 is 0 Å². The Morgan fingerprint density at radius 2 is 2.00 bits per heavy atom. The second-order valence-corrected chi connectivity index (χ2v) is 5.52. The maximum atomic E-state index is 10.7. The summed E-state index contributed by atoms with van der Waals surface area (Å²) in [5, 5.41) is 9.47. The minimum Gasteiger partial charge on any atom is -0.476 e. The molecule has 0 amide bonds. The predicted octanol–water partition coefficient (Wildman–Crippen LogP) is 2.81. The monoisotopic (exact) mass is 272 g/mol. The van der Waals surface area contributed by atoms with E-state index in [-0.39, 0.29) is 5.69 Å². The van der Waals surface area contributed by atoms with E-state index in [4.69, 9.17) is 5.11 Å². The minimum absolute atomic E-state index is 0.0293. The van der Waals surface area contributed by atoms with Crippen molar-refractivity contribution in [3.8, 4) is 0 Å². The van der Waals surface area contributed by atoms with E-state index in [9.17, 15) is 4.79 Å². The molecule has 4 nitrogen and oxygen atoms in total. The number of rotatable bonds is 3. The largest absolute Gasteiger partial charge is 0.476 e. The van der Waals surface area contributed by atoms with Gasteiger partial charge in [-0.15, -0.1) is 0 Å². The van der Waals surface area contributed by atoms with Crippen LogP contribution in [0.2, 0.25) is 0 Å². The van der Waals surface area contributed by atoms with Gasteiger partial charge in [-0.3, -0.25) is 0 Å². The first-order chi connectivity index (χ1) is 9.22. The topological polar surface area (TPSA) is 63.1 Å². The lowest BCUT2D eigenvalue weighted by Gasteiger charge is -2.04. The molecule has 0 aliphatic heterocycles. The van der Waals surface area contributed by atoms with Crippen molar-refractivity contribution in [1.82, 2.24) is 9.97 Å². The van der Waals surface area contributed by atoms with Crippen molar-refractivity contribution < 1.29 is 9.90 Å². The van der Waals surface area contributed by atoms with E-state index in [0.717, 1.165) is 11.3 Å². The summed E-state index contributed by atoms with van der Waals surface area (Å²) in [5.74, 6) is -1.05. The number of carboxylic acid groups (broad SMARTS) is 1. The molecule has 0 bridgehead atoms. The molecule has 1 aromatic heterocycles. The lowest BCUT2D eigenvalue weighted by atomic mass is 10.1. The second kappa shape index (κ2) is 5.01. The molecule has 1 aliphatic rings. The van der Waals surface area contributed by atoms with E-state index < -0.39 is 5.97 Å². The van der Waals surface area contributed by atoms with Crippen LogP contribution in [-0.2, 0) is 12.8 Å². The van der Waals surface area contributed by atoms with Gasteiger partial charge in [0.2, 0.25) is 0 Å². The van der Waals surface area contributed by atoms with Gasteiger partial charge >= 0.3 is 5.97 Å². The third kappa shape index (κ3) is 2.61. The number of hydrogen-bond acceptors (Lipinski definition) is 4. The molecule has 3 rings (SSSR count). The van der Waals surface area contributed by atoms with Crippen molar-refractivity contribution in [2.24, 2.45) is 0 Å². The average Bonchev–Trinajstić information content (AvgIpc) is 2.87. The van der Waals surface area contributed by atoms with Gasteiger partial charge in [0, 0.05) is 4.90 Å². The first kappa shape index (κ1) is 12.2. The molecular weight excluding hydrogens is 260 g/mol. The number of carboxylic acids is 1. The molecule has 0 fully saturated rings. The van der Waals surface area contributed by atoms with Crippen LogP contribution in [0, 0.1) is 0 Å². The Hall–Kier alpha value is -1.88. The highest BCUT2D eigenvalue weighted by Crippen LogP contribution is 2.30. The molecule has 96 valence electrons. The zero-order valence-corrected chi connectivity index (χ0v) is 11.0. The van der Waals surface area contributed by atoms with Crippen LogP contribution in [0.25, 0.3) is 0 Å². The summed E-state index contributed by atoms with van der Waals surface area (Å²) < 4.78 is 0. The van der Waals surface area contributed by atoms with E-state index in [1.807, 2.05) is 0 Å². The van der Waals surface area contributed by atoms with Gasteiger partial charge in [-0.1, -0.05) is 17.8 Å². The predicted molar refractivity (Wildman–Crippen MR) is 71.6 cm³/mol. The van der Waals surface area contributed by atoms with Gasteiger partial charge in [-0.25, -0.2) is 14.8 Å². The van der Waals surface area contributed by atoms with E-state index in [2.05, 4.69) is 28.2 Å². The Kier molecular flexibility index (Phi) is 3.21. The first-order valence-corrected chi connectivity index (χ1v) is 6.89. The fraction of sp³-hybridized carbons (Fsp3) is 0.214. The Morgan fingerprint density at radius 3 is 2.74 bits per heavy atom. The normalized spacial score (nSPS) is 13.3. The molecule has 1 aliphatic carbocycles. The van der Waals surface area contributed by atoms with Crippen molar-refractivity contribution >= 4 is 17.7 Å².